The van der Waals surface area contributed by atoms with Gasteiger partial charge in [-0.3, -0.25) is 14.3 Å². The molecule has 2 aromatic carbocycles. The number of anilines is 1. The van der Waals surface area contributed by atoms with Crippen molar-refractivity contribution in [2.45, 2.75) is 11.8 Å². The highest BCUT2D eigenvalue weighted by molar-refractivity contribution is 7.92. The molecule has 1 aliphatic heterocycles. The van der Waals surface area contributed by atoms with E-state index in [1.165, 1.54) is 30.5 Å². The molecule has 1 aliphatic rings. The number of hydrogen-bond acceptors (Lipinski definition) is 5. The van der Waals surface area contributed by atoms with Crippen LogP contribution in [0.25, 0.3) is 0 Å². The number of para-hydroxylation sites is 1. The third-order valence-corrected chi connectivity index (χ3v) is 6.77. The van der Waals surface area contributed by atoms with E-state index in [-0.39, 0.29) is 22.5 Å². The molecule has 2 heterocycles. The number of nitrogens with zero attached hydrogens (tertiary/aromatic N) is 2. The number of sulfonamides is 1. The van der Waals surface area contributed by atoms with Gasteiger partial charge in [-0.2, -0.15) is 0 Å². The summed E-state index contributed by atoms with van der Waals surface area (Å²) in [5, 5.41) is 0. The molecule has 0 bridgehead atoms. The minimum atomic E-state index is -3.77. The first-order valence-electron chi connectivity index (χ1n) is 10.2. The van der Waals surface area contributed by atoms with E-state index in [1.807, 2.05) is 19.1 Å². The van der Waals surface area contributed by atoms with E-state index in [4.69, 9.17) is 4.42 Å². The second kappa shape index (κ2) is 8.88. The van der Waals surface area contributed by atoms with Crippen LogP contribution in [0.4, 0.5) is 5.69 Å². The van der Waals surface area contributed by atoms with Crippen LogP contribution in [0.15, 0.2) is 76.2 Å². The van der Waals surface area contributed by atoms with E-state index in [2.05, 4.69) is 4.72 Å². The van der Waals surface area contributed by atoms with E-state index in [0.717, 1.165) is 5.56 Å². The highest BCUT2D eigenvalue weighted by Crippen LogP contribution is 2.20. The minimum Gasteiger partial charge on any atom is -0.459 e. The van der Waals surface area contributed by atoms with Gasteiger partial charge in [-0.15, -0.1) is 0 Å². The fourth-order valence-electron chi connectivity index (χ4n) is 3.52. The summed E-state index contributed by atoms with van der Waals surface area (Å²) in [4.78, 5) is 28.6. The fraction of sp³-hybridized carbons (Fsp3) is 0.217. The lowest BCUT2D eigenvalue weighted by atomic mass is 10.2. The number of aryl methyl sites for hydroxylation is 1. The lowest BCUT2D eigenvalue weighted by Crippen LogP contribution is -2.50. The smallest absolute Gasteiger partial charge is 0.289 e. The third kappa shape index (κ3) is 4.52. The Labute approximate surface area is 186 Å². The van der Waals surface area contributed by atoms with Crippen LogP contribution in [0.5, 0.6) is 0 Å². The molecule has 1 fully saturated rings. The van der Waals surface area contributed by atoms with Crippen LogP contribution in [0.2, 0.25) is 0 Å². The van der Waals surface area contributed by atoms with Gasteiger partial charge in [0, 0.05) is 31.7 Å². The number of nitrogens with one attached hydrogen (secondary N) is 1. The first-order chi connectivity index (χ1) is 15.3. The summed E-state index contributed by atoms with van der Waals surface area (Å²) >= 11 is 0. The zero-order valence-corrected chi connectivity index (χ0v) is 18.3. The van der Waals surface area contributed by atoms with Crippen molar-refractivity contribution in [2.75, 3.05) is 30.9 Å². The molecule has 0 unspecified atom stereocenters. The van der Waals surface area contributed by atoms with Crippen LogP contribution < -0.4 is 4.72 Å². The molecule has 0 atom stereocenters. The molecule has 3 aromatic rings. The van der Waals surface area contributed by atoms with Crippen molar-refractivity contribution in [3.05, 3.63) is 83.8 Å². The van der Waals surface area contributed by atoms with Crippen LogP contribution in [-0.2, 0) is 10.0 Å². The van der Waals surface area contributed by atoms with Gasteiger partial charge in [0.1, 0.15) is 0 Å². The van der Waals surface area contributed by atoms with E-state index in [1.54, 1.807) is 34.1 Å². The van der Waals surface area contributed by atoms with Crippen molar-refractivity contribution in [3.8, 4) is 0 Å². The maximum absolute atomic E-state index is 12.8. The average molecular weight is 454 g/mol. The van der Waals surface area contributed by atoms with Gasteiger partial charge in [0.05, 0.1) is 16.8 Å². The topological polar surface area (TPSA) is 99.9 Å². The fourth-order valence-corrected chi connectivity index (χ4v) is 4.65. The summed E-state index contributed by atoms with van der Waals surface area (Å²) in [7, 11) is -3.77. The van der Waals surface area contributed by atoms with Crippen LogP contribution >= 0.6 is 0 Å². The second-order valence-corrected chi connectivity index (χ2v) is 9.19. The Balaban J connectivity index is 1.39. The highest BCUT2D eigenvalue weighted by Gasteiger charge is 2.27. The summed E-state index contributed by atoms with van der Waals surface area (Å²) in [6.07, 6.45) is 1.45. The van der Waals surface area contributed by atoms with Crippen molar-refractivity contribution in [2.24, 2.45) is 0 Å². The molecule has 32 heavy (non-hydrogen) atoms. The van der Waals surface area contributed by atoms with Crippen molar-refractivity contribution in [3.63, 3.8) is 0 Å². The average Bonchev–Trinajstić information content (AvgIpc) is 3.35. The Morgan fingerprint density at radius 3 is 2.06 bits per heavy atom. The Morgan fingerprint density at radius 1 is 0.844 bits per heavy atom. The minimum absolute atomic E-state index is 0.0752. The summed E-state index contributed by atoms with van der Waals surface area (Å²) in [6.45, 7) is 3.40. The lowest BCUT2D eigenvalue weighted by Gasteiger charge is -2.34. The molecule has 1 saturated heterocycles. The first-order valence-corrected chi connectivity index (χ1v) is 11.6. The quantitative estimate of drug-likeness (QED) is 0.640. The summed E-state index contributed by atoms with van der Waals surface area (Å²) < 4.78 is 33.1. The monoisotopic (exact) mass is 453 g/mol. The lowest BCUT2D eigenvalue weighted by molar-refractivity contribution is 0.0518. The molecule has 2 amide bonds. The SMILES string of the molecule is Cc1ccccc1NS(=O)(=O)c1ccc(C(=O)N2CCN(C(=O)c3ccco3)CC2)cc1. The molecule has 8 nitrogen and oxygen atoms in total. The number of hydrogen-bond donors (Lipinski definition) is 1. The Morgan fingerprint density at radius 2 is 1.47 bits per heavy atom. The maximum atomic E-state index is 12.8. The van der Waals surface area contributed by atoms with Crippen LogP contribution in [-0.4, -0.2) is 56.2 Å². The number of carbonyl (C=O) groups is 2. The van der Waals surface area contributed by atoms with Crippen molar-refractivity contribution < 1.29 is 22.4 Å². The molecule has 166 valence electrons. The first kappa shape index (κ1) is 21.6. The number of amides is 2. The Kier molecular flexibility index (Phi) is 6.00. The molecule has 1 aromatic heterocycles. The van der Waals surface area contributed by atoms with Crippen LogP contribution in [0, 0.1) is 6.92 Å². The number of rotatable bonds is 5. The van der Waals surface area contributed by atoms with Gasteiger partial charge in [-0.05, 0) is 55.0 Å². The summed E-state index contributed by atoms with van der Waals surface area (Å²) in [5.41, 5.74) is 1.72. The molecule has 0 spiro atoms. The number of carbonyl (C=O) groups excluding carboxylic acids is 2. The molecule has 0 aliphatic carbocycles. The molecular weight excluding hydrogens is 430 g/mol. The van der Waals surface area contributed by atoms with Gasteiger partial charge in [0.25, 0.3) is 21.8 Å². The second-order valence-electron chi connectivity index (χ2n) is 7.51. The van der Waals surface area contributed by atoms with Crippen molar-refractivity contribution in [1.82, 2.24) is 9.80 Å². The van der Waals surface area contributed by atoms with E-state index in [9.17, 15) is 18.0 Å². The third-order valence-electron chi connectivity index (χ3n) is 5.39. The summed E-state index contributed by atoms with van der Waals surface area (Å²) in [6, 6.07) is 16.2. The van der Waals surface area contributed by atoms with Gasteiger partial charge in [0.15, 0.2) is 5.76 Å². The van der Waals surface area contributed by atoms with Gasteiger partial charge in [-0.25, -0.2) is 8.42 Å². The van der Waals surface area contributed by atoms with Gasteiger partial charge in [0.2, 0.25) is 0 Å². The molecule has 1 N–H and O–H groups in total. The highest BCUT2D eigenvalue weighted by atomic mass is 32.2. The summed E-state index contributed by atoms with van der Waals surface area (Å²) in [5.74, 6) is -0.121. The zero-order chi connectivity index (χ0) is 22.7. The van der Waals surface area contributed by atoms with E-state index in [0.29, 0.717) is 37.4 Å². The Hall–Kier alpha value is -3.59. The molecule has 0 saturated carbocycles. The van der Waals surface area contributed by atoms with E-state index < -0.39 is 10.0 Å². The van der Waals surface area contributed by atoms with Crippen LogP contribution in [0.3, 0.4) is 0 Å². The number of benzene rings is 2. The molecule has 4 rings (SSSR count). The molecule has 0 radical (unpaired) electrons. The van der Waals surface area contributed by atoms with E-state index >= 15 is 0 Å². The number of furan rings is 1. The number of piperazine rings is 1. The van der Waals surface area contributed by atoms with Crippen LogP contribution in [0.1, 0.15) is 26.5 Å². The van der Waals surface area contributed by atoms with Gasteiger partial charge < -0.3 is 14.2 Å². The largest absolute Gasteiger partial charge is 0.459 e. The van der Waals surface area contributed by atoms with Crippen molar-refractivity contribution in [1.29, 1.82) is 0 Å². The van der Waals surface area contributed by atoms with Gasteiger partial charge >= 0.3 is 0 Å². The Bertz CT molecular complexity index is 1210. The molecular formula is C23H23N3O5S. The predicted octanol–water partition coefficient (Wildman–Crippen LogP) is 2.99. The zero-order valence-electron chi connectivity index (χ0n) is 17.5. The van der Waals surface area contributed by atoms with Gasteiger partial charge in [-0.1, -0.05) is 18.2 Å². The molecule has 9 heteroatoms. The van der Waals surface area contributed by atoms with Crippen molar-refractivity contribution >= 4 is 27.5 Å². The normalized spacial score (nSPS) is 14.3. The maximum Gasteiger partial charge on any atom is 0.289 e. The predicted molar refractivity (Wildman–Crippen MR) is 119 cm³/mol. The standard InChI is InChI=1S/C23H23N3O5S/c1-17-5-2-3-6-20(17)24-32(29,30)19-10-8-18(9-11-19)22(27)25-12-14-26(15-13-25)23(28)21-7-4-16-31-21/h2-11,16,24H,12-15H2,1H3.